The molecule has 1 aliphatic rings. The minimum absolute atomic E-state index is 0.229. The first-order chi connectivity index (χ1) is 7.90. The summed E-state index contributed by atoms with van der Waals surface area (Å²) in [6.07, 6.45) is 4.62. The molecule has 4 nitrogen and oxygen atoms in total. The molecule has 1 saturated carbocycles. The third kappa shape index (κ3) is 5.71. The third-order valence-electron chi connectivity index (χ3n) is 3.02. The summed E-state index contributed by atoms with van der Waals surface area (Å²) in [5.41, 5.74) is -0.445. The summed E-state index contributed by atoms with van der Waals surface area (Å²) in [6, 6.07) is 0. The van der Waals surface area contributed by atoms with Crippen LogP contribution >= 0.6 is 0 Å². The average molecular weight is 241 g/mol. The second kappa shape index (κ2) is 6.03. The van der Waals surface area contributed by atoms with Gasteiger partial charge in [-0.05, 0) is 52.4 Å². The molecule has 0 saturated heterocycles. The molecule has 17 heavy (non-hydrogen) atoms. The zero-order valence-electron chi connectivity index (χ0n) is 11.0. The second-order valence-corrected chi connectivity index (χ2v) is 5.80. The lowest BCUT2D eigenvalue weighted by Crippen LogP contribution is -2.36. The molecule has 1 aliphatic carbocycles. The topological polar surface area (TPSA) is 55.4 Å². The highest BCUT2D eigenvalue weighted by molar-refractivity contribution is 5.67. The van der Waals surface area contributed by atoms with Crippen LogP contribution in [0.1, 0.15) is 46.5 Å². The fourth-order valence-electron chi connectivity index (χ4n) is 2.07. The number of rotatable bonds is 3. The van der Waals surface area contributed by atoms with Gasteiger partial charge >= 0.3 is 6.09 Å². The van der Waals surface area contributed by atoms with Crippen molar-refractivity contribution in [3.05, 3.63) is 0 Å². The molecule has 1 N–H and O–H groups in total. The normalized spacial score (nSPS) is 25.1. The second-order valence-electron chi connectivity index (χ2n) is 5.80. The van der Waals surface area contributed by atoms with Crippen molar-refractivity contribution in [1.29, 1.82) is 0 Å². The third-order valence-corrected chi connectivity index (χ3v) is 3.02. The molecule has 0 bridgehead atoms. The van der Waals surface area contributed by atoms with Gasteiger partial charge in [-0.1, -0.05) is 0 Å². The lowest BCUT2D eigenvalue weighted by Gasteiger charge is -2.26. The molecule has 1 rings (SSSR count). The predicted molar refractivity (Wildman–Crippen MR) is 65.7 cm³/mol. The van der Waals surface area contributed by atoms with Crippen LogP contribution in [-0.4, -0.2) is 24.5 Å². The minimum Gasteiger partial charge on any atom is -0.444 e. The van der Waals surface area contributed by atoms with Gasteiger partial charge in [0.2, 0.25) is 0 Å². The number of aldehydes is 1. The van der Waals surface area contributed by atoms with Crippen LogP contribution in [0, 0.1) is 11.8 Å². The maximum Gasteiger partial charge on any atom is 0.407 e. The van der Waals surface area contributed by atoms with Gasteiger partial charge < -0.3 is 14.8 Å². The first-order valence-corrected chi connectivity index (χ1v) is 6.33. The standard InChI is InChI=1S/C13H23NO3/c1-13(2,3)17-12(16)14-8-10-4-6-11(9-15)7-5-10/h9-11H,4-8H2,1-3H3,(H,14,16)/t10-,11-. The van der Waals surface area contributed by atoms with Gasteiger partial charge in [0.1, 0.15) is 11.9 Å². The SMILES string of the molecule is CC(C)(C)OC(=O)NC[C@H]1CC[C@H](C=O)CC1. The summed E-state index contributed by atoms with van der Waals surface area (Å²) in [5, 5.41) is 2.79. The maximum absolute atomic E-state index is 11.4. The van der Waals surface area contributed by atoms with E-state index in [4.69, 9.17) is 4.74 Å². The monoisotopic (exact) mass is 241 g/mol. The largest absolute Gasteiger partial charge is 0.444 e. The van der Waals surface area contributed by atoms with Crippen LogP contribution in [0.4, 0.5) is 4.79 Å². The molecular weight excluding hydrogens is 218 g/mol. The van der Waals surface area contributed by atoms with Crippen molar-refractivity contribution >= 4 is 12.4 Å². The molecule has 4 heteroatoms. The molecule has 0 radical (unpaired) electrons. The molecule has 0 aromatic carbocycles. The summed E-state index contributed by atoms with van der Waals surface area (Å²) < 4.78 is 5.16. The van der Waals surface area contributed by atoms with E-state index < -0.39 is 5.60 Å². The quantitative estimate of drug-likeness (QED) is 0.772. The Morgan fingerprint density at radius 2 is 1.88 bits per heavy atom. The summed E-state index contributed by atoms with van der Waals surface area (Å²) in [6.45, 7) is 6.20. The Hall–Kier alpha value is -1.06. The van der Waals surface area contributed by atoms with E-state index in [-0.39, 0.29) is 12.0 Å². The van der Waals surface area contributed by atoms with E-state index >= 15 is 0 Å². The van der Waals surface area contributed by atoms with Crippen LogP contribution in [-0.2, 0) is 9.53 Å². The highest BCUT2D eigenvalue weighted by Crippen LogP contribution is 2.26. The molecule has 0 unspecified atom stereocenters. The molecule has 0 aromatic rings. The van der Waals surface area contributed by atoms with E-state index in [2.05, 4.69) is 5.32 Å². The van der Waals surface area contributed by atoms with Crippen LogP contribution in [0.25, 0.3) is 0 Å². The number of hydrogen-bond donors (Lipinski definition) is 1. The number of hydrogen-bond acceptors (Lipinski definition) is 3. The smallest absolute Gasteiger partial charge is 0.407 e. The van der Waals surface area contributed by atoms with E-state index in [1.807, 2.05) is 20.8 Å². The molecule has 1 amide bonds. The van der Waals surface area contributed by atoms with Crippen LogP contribution in [0.15, 0.2) is 0 Å². The van der Waals surface area contributed by atoms with Crippen molar-refractivity contribution in [2.45, 2.75) is 52.1 Å². The van der Waals surface area contributed by atoms with Gasteiger partial charge in [-0.25, -0.2) is 4.79 Å². The number of carbonyl (C=O) groups excluding carboxylic acids is 2. The van der Waals surface area contributed by atoms with Crippen LogP contribution < -0.4 is 5.32 Å². The summed E-state index contributed by atoms with van der Waals surface area (Å²) in [7, 11) is 0. The molecule has 0 atom stereocenters. The van der Waals surface area contributed by atoms with Gasteiger partial charge in [-0.3, -0.25) is 0 Å². The Labute approximate surface area is 103 Å². The van der Waals surface area contributed by atoms with Crippen LogP contribution in [0.2, 0.25) is 0 Å². The van der Waals surface area contributed by atoms with Gasteiger partial charge in [0.25, 0.3) is 0 Å². The predicted octanol–water partition coefficient (Wildman–Crippen LogP) is 2.52. The van der Waals surface area contributed by atoms with Crippen LogP contribution in [0.5, 0.6) is 0 Å². The molecule has 98 valence electrons. The van der Waals surface area contributed by atoms with Gasteiger partial charge in [-0.15, -0.1) is 0 Å². The lowest BCUT2D eigenvalue weighted by molar-refractivity contribution is -0.112. The summed E-state index contributed by atoms with van der Waals surface area (Å²) >= 11 is 0. The average Bonchev–Trinajstić information content (AvgIpc) is 2.25. The maximum atomic E-state index is 11.4. The number of carbonyl (C=O) groups is 2. The molecule has 0 spiro atoms. The van der Waals surface area contributed by atoms with Gasteiger partial charge in [0.15, 0.2) is 0 Å². The number of amides is 1. The van der Waals surface area contributed by atoms with Gasteiger partial charge in [0, 0.05) is 12.5 Å². The van der Waals surface area contributed by atoms with Gasteiger partial charge in [-0.2, -0.15) is 0 Å². The first kappa shape index (κ1) is 14.0. The van der Waals surface area contributed by atoms with E-state index in [1.165, 1.54) is 0 Å². The van der Waals surface area contributed by atoms with E-state index in [0.717, 1.165) is 32.0 Å². The Morgan fingerprint density at radius 1 is 1.29 bits per heavy atom. The van der Waals surface area contributed by atoms with E-state index in [0.29, 0.717) is 12.5 Å². The van der Waals surface area contributed by atoms with Gasteiger partial charge in [0.05, 0.1) is 0 Å². The highest BCUT2D eigenvalue weighted by Gasteiger charge is 2.22. The van der Waals surface area contributed by atoms with E-state index in [9.17, 15) is 9.59 Å². The Kier molecular flexibility index (Phi) is 4.97. The Balaban J connectivity index is 2.19. The molecule has 0 heterocycles. The van der Waals surface area contributed by atoms with E-state index in [1.54, 1.807) is 0 Å². The molecular formula is C13H23NO3. The zero-order chi connectivity index (χ0) is 12.9. The number of nitrogens with one attached hydrogen (secondary N) is 1. The van der Waals surface area contributed by atoms with Crippen molar-refractivity contribution in [2.24, 2.45) is 11.8 Å². The molecule has 0 aromatic heterocycles. The number of alkyl carbamates (subject to hydrolysis) is 1. The van der Waals surface area contributed by atoms with Crippen molar-refractivity contribution in [2.75, 3.05) is 6.54 Å². The zero-order valence-corrected chi connectivity index (χ0v) is 11.0. The lowest BCUT2D eigenvalue weighted by atomic mass is 9.83. The first-order valence-electron chi connectivity index (χ1n) is 6.33. The van der Waals surface area contributed by atoms with Crippen LogP contribution in [0.3, 0.4) is 0 Å². The number of ether oxygens (including phenoxy) is 1. The fourth-order valence-corrected chi connectivity index (χ4v) is 2.07. The molecule has 0 aliphatic heterocycles. The highest BCUT2D eigenvalue weighted by atomic mass is 16.6. The van der Waals surface area contributed by atoms with Crippen molar-refractivity contribution in [3.63, 3.8) is 0 Å². The minimum atomic E-state index is -0.445. The van der Waals surface area contributed by atoms with Crippen molar-refractivity contribution in [1.82, 2.24) is 5.32 Å². The fraction of sp³-hybridized carbons (Fsp3) is 0.846. The van der Waals surface area contributed by atoms with Crippen molar-refractivity contribution in [3.8, 4) is 0 Å². The summed E-state index contributed by atoms with van der Waals surface area (Å²) in [4.78, 5) is 22.0. The molecule has 1 fully saturated rings. The Morgan fingerprint density at radius 3 is 2.35 bits per heavy atom. The summed E-state index contributed by atoms with van der Waals surface area (Å²) in [5.74, 6) is 0.714. The van der Waals surface area contributed by atoms with Crippen molar-refractivity contribution < 1.29 is 14.3 Å². The Bertz CT molecular complexity index is 262.